The summed E-state index contributed by atoms with van der Waals surface area (Å²) in [7, 11) is 8.59. The summed E-state index contributed by atoms with van der Waals surface area (Å²) in [5.41, 5.74) is 7.67. The van der Waals surface area contributed by atoms with Crippen LogP contribution in [0.1, 0.15) is 169 Å². The van der Waals surface area contributed by atoms with Crippen LogP contribution < -0.4 is 27.0 Å². The highest BCUT2D eigenvalue weighted by atomic mass is 16.5. The minimum Gasteiger partial charge on any atom is -0.388 e. The Hall–Kier alpha value is -7.62. The Morgan fingerprint density at radius 2 is 1.32 bits per heavy atom. The van der Waals surface area contributed by atoms with Crippen molar-refractivity contribution in [1.29, 1.82) is 0 Å². The summed E-state index contributed by atoms with van der Waals surface area (Å²) >= 11 is 0. The molecule has 5 rings (SSSR count). The number of ether oxygens (including phenoxy) is 3. The third-order valence-corrected chi connectivity index (χ3v) is 21.5. The van der Waals surface area contributed by atoms with E-state index in [1.165, 1.54) is 19.3 Å². The third-order valence-electron chi connectivity index (χ3n) is 21.5. The molecule has 0 aromatic heterocycles. The molecule has 0 aliphatic carbocycles. The third kappa shape index (κ3) is 26.7. The standard InChI is InChI=1S/C80H123N9O17/c1-15-51(8)73(87(12)79(102)59(49(4)5)45-64(93)72(50(6)7)86(10)11)65(104-13)46-71(97)88-39-23-27-61(88)76(105-14)52(9)62(91)42-56(40-54-24-18-16-19-25-54)77(100)82-37-35-53-29-31-55(32-30-53)41-63(92)60(26-22-36-83-80(81)103)85-78(101)58(48(2)3)43-57(90)44-66-74(98)75(99)67(106-66)47-84-68(94)28-20-17-21-38-89-69(95)33-34-70(89)96/h16,18-19,24-25,29-34,48-52,56,58-61,65-67,72-76,98-99H,15,17,20-23,26-28,35-47H2,1-14H3,(H,82,100)(H,84,94)(H,85,101)(H3,81,83,103)/t51?,52?,56-,58-,59+,60?,61?,65?,66+,67-,72?,73?,74?,75?,76?/m1/s1. The first kappa shape index (κ1) is 89.0. The van der Waals surface area contributed by atoms with Crippen LogP contribution in [0.5, 0.6) is 0 Å². The number of imide groups is 1. The SMILES string of the molecule is CCC(C)C(C(CC(=O)N1CCCC1C(OC)C(C)C(=O)C[C@@H](Cc1ccccc1)C(=O)NCCc1ccc(CC(=O)C(CCCNC(N)=O)NC(=O)[C@H](CC(=O)C[C@@H]2O[C@H](CNC(=O)CCCCCN3C(=O)C=CC3=O)C(O)C2O)C(C)C)cc1)OC)N(C)C(=O)[C@@H](CC(=O)C(C(C)C)N(C)C)C(C)C. The van der Waals surface area contributed by atoms with Gasteiger partial charge in [0.15, 0.2) is 11.6 Å². The average Bonchev–Trinajstić information content (AvgIpc) is 1.47. The smallest absolute Gasteiger partial charge is 0.312 e. The number of primary amides is 1. The second kappa shape index (κ2) is 44.0. The summed E-state index contributed by atoms with van der Waals surface area (Å²) in [5, 5.41) is 32.8. The molecule has 2 saturated heterocycles. The average molecular weight is 1480 g/mol. The van der Waals surface area contributed by atoms with Gasteiger partial charge in [0.05, 0.1) is 48.9 Å². The molecule has 26 nitrogen and oxygen atoms in total. The summed E-state index contributed by atoms with van der Waals surface area (Å²) < 4.78 is 18.1. The minimum atomic E-state index is -1.46. The van der Waals surface area contributed by atoms with Gasteiger partial charge < -0.3 is 61.2 Å². The van der Waals surface area contributed by atoms with Gasteiger partial charge in [0.25, 0.3) is 11.8 Å². The number of aliphatic hydroxyl groups excluding tert-OH is 2. The Morgan fingerprint density at radius 3 is 1.92 bits per heavy atom. The van der Waals surface area contributed by atoms with Gasteiger partial charge in [-0.25, -0.2) is 4.79 Å². The Balaban J connectivity index is 1.17. The number of hydrogen-bond donors (Lipinski definition) is 7. The summed E-state index contributed by atoms with van der Waals surface area (Å²) in [5.74, 6) is -6.71. The van der Waals surface area contributed by atoms with Gasteiger partial charge in [0, 0.05) is 128 Å². The lowest BCUT2D eigenvalue weighted by molar-refractivity contribution is -0.149. The molecular weight excluding hydrogens is 1360 g/mol. The quantitative estimate of drug-likeness (QED) is 0.0310. The van der Waals surface area contributed by atoms with E-state index in [1.807, 2.05) is 103 Å². The molecule has 15 atom stereocenters. The molecule has 9 amide bonds. The van der Waals surface area contributed by atoms with E-state index in [0.29, 0.717) is 57.1 Å². The first-order valence-electron chi connectivity index (χ1n) is 38.2. The van der Waals surface area contributed by atoms with Crippen LogP contribution >= 0.6 is 0 Å². The number of amides is 9. The van der Waals surface area contributed by atoms with Gasteiger partial charge in [0.1, 0.15) is 29.9 Å². The second-order valence-electron chi connectivity index (χ2n) is 30.6. The van der Waals surface area contributed by atoms with E-state index in [2.05, 4.69) is 21.3 Å². The number of nitrogens with two attached hydrogens (primary N) is 1. The largest absolute Gasteiger partial charge is 0.388 e. The Bertz CT molecular complexity index is 3250. The number of aliphatic hydroxyl groups is 2. The van der Waals surface area contributed by atoms with Gasteiger partial charge in [-0.15, -0.1) is 0 Å². The zero-order chi connectivity index (χ0) is 78.6. The fourth-order valence-electron chi connectivity index (χ4n) is 15.2. The van der Waals surface area contributed by atoms with Crippen LogP contribution in [-0.2, 0) is 86.2 Å². The van der Waals surface area contributed by atoms with Crippen LogP contribution in [0.25, 0.3) is 0 Å². The first-order chi connectivity index (χ1) is 50.2. The van der Waals surface area contributed by atoms with Gasteiger partial charge in [-0.2, -0.15) is 0 Å². The normalized spacial score (nSPS) is 20.2. The first-order valence-corrected chi connectivity index (χ1v) is 38.2. The van der Waals surface area contributed by atoms with E-state index >= 15 is 0 Å². The lowest BCUT2D eigenvalue weighted by atomic mass is 9.83. The number of hydrogen-bond acceptors (Lipinski definition) is 18. The number of nitrogens with zero attached hydrogens (tertiary/aromatic N) is 4. The Morgan fingerprint density at radius 1 is 0.679 bits per heavy atom. The van der Waals surface area contributed by atoms with Crippen LogP contribution in [-0.4, -0.2) is 229 Å². The maximum absolute atomic E-state index is 14.7. The van der Waals surface area contributed by atoms with Crippen molar-refractivity contribution in [2.45, 2.75) is 232 Å². The van der Waals surface area contributed by atoms with Crippen molar-refractivity contribution in [2.24, 2.45) is 53.1 Å². The number of likely N-dealkylation sites (N-methyl/N-ethyl adjacent to an activating group) is 2. The highest BCUT2D eigenvalue weighted by Gasteiger charge is 2.46. The minimum absolute atomic E-state index is 0.00900. The van der Waals surface area contributed by atoms with Crippen molar-refractivity contribution < 1.29 is 82.0 Å². The molecule has 0 spiro atoms. The molecule has 0 bridgehead atoms. The predicted octanol–water partition coefficient (Wildman–Crippen LogP) is 5.66. The van der Waals surface area contributed by atoms with Gasteiger partial charge in [-0.1, -0.05) is 130 Å². The van der Waals surface area contributed by atoms with Gasteiger partial charge in [0.2, 0.25) is 29.5 Å². The molecule has 3 aliphatic heterocycles. The summed E-state index contributed by atoms with van der Waals surface area (Å²) in [6.07, 6.45) is 0.0816. The fraction of sp³-hybridized carbons (Fsp3) is 0.675. The number of benzene rings is 2. The van der Waals surface area contributed by atoms with Crippen molar-refractivity contribution in [3.05, 3.63) is 83.4 Å². The number of rotatable bonds is 48. The van der Waals surface area contributed by atoms with Gasteiger partial charge in [-0.3, -0.25) is 62.5 Å². The maximum atomic E-state index is 14.7. The molecule has 8 N–H and O–H groups in total. The number of Topliss-reactive ketones (excluding diaryl/α,β-unsaturated/α-hetero) is 4. The van der Waals surface area contributed by atoms with Crippen molar-refractivity contribution in [3.8, 4) is 0 Å². The number of urea groups is 1. The number of unbranched alkanes of at least 4 members (excludes halogenated alkanes) is 2. The molecule has 10 unspecified atom stereocenters. The van der Waals surface area contributed by atoms with Crippen molar-refractivity contribution in [2.75, 3.05) is 68.1 Å². The molecule has 2 aromatic rings. The summed E-state index contributed by atoms with van der Waals surface area (Å²) in [6, 6.07) is 13.6. The van der Waals surface area contributed by atoms with Crippen molar-refractivity contribution in [3.63, 3.8) is 0 Å². The molecular formula is C80H123N9O17. The number of carbonyl (C=O) groups excluding carboxylic acids is 12. The maximum Gasteiger partial charge on any atom is 0.312 e. The number of nitrogens with one attached hydrogen (secondary N) is 4. The van der Waals surface area contributed by atoms with Crippen molar-refractivity contribution in [1.82, 2.24) is 40.9 Å². The van der Waals surface area contributed by atoms with Crippen LogP contribution in [0.4, 0.5) is 4.79 Å². The Kier molecular flexibility index (Phi) is 36.9. The molecule has 590 valence electrons. The van der Waals surface area contributed by atoms with Crippen LogP contribution in [0.15, 0.2) is 66.7 Å². The highest BCUT2D eigenvalue weighted by molar-refractivity contribution is 6.12. The van der Waals surface area contributed by atoms with E-state index in [1.54, 1.807) is 56.9 Å². The van der Waals surface area contributed by atoms with E-state index in [0.717, 1.165) is 16.0 Å². The van der Waals surface area contributed by atoms with E-state index in [9.17, 15) is 67.7 Å². The van der Waals surface area contributed by atoms with Crippen molar-refractivity contribution >= 4 is 70.5 Å². The van der Waals surface area contributed by atoms with Gasteiger partial charge in [-0.05, 0) is 106 Å². The zero-order valence-corrected chi connectivity index (χ0v) is 65.2. The number of methoxy groups -OCH3 is 2. The molecule has 3 aliphatic rings. The molecule has 0 saturated carbocycles. The van der Waals surface area contributed by atoms with Crippen LogP contribution in [0.2, 0.25) is 0 Å². The zero-order valence-electron chi connectivity index (χ0n) is 65.2. The molecule has 106 heavy (non-hydrogen) atoms. The summed E-state index contributed by atoms with van der Waals surface area (Å²) in [6.45, 7) is 18.2. The van der Waals surface area contributed by atoms with E-state index < -0.39 is 96.1 Å². The van der Waals surface area contributed by atoms with E-state index in [4.69, 9.17) is 19.9 Å². The number of carbonyl (C=O) groups is 12. The molecule has 0 radical (unpaired) electrons. The monoisotopic (exact) mass is 1480 g/mol. The van der Waals surface area contributed by atoms with Crippen LogP contribution in [0.3, 0.4) is 0 Å². The number of likely N-dealkylation sites (tertiary alicyclic amines) is 1. The highest BCUT2D eigenvalue weighted by Crippen LogP contribution is 2.33. The fourth-order valence-corrected chi connectivity index (χ4v) is 15.2. The number of ketones is 4. The lowest BCUT2D eigenvalue weighted by Gasteiger charge is -2.41. The molecule has 26 heteroatoms. The topological polar surface area (TPSA) is 360 Å². The summed E-state index contributed by atoms with van der Waals surface area (Å²) in [4.78, 5) is 168. The van der Waals surface area contributed by atoms with Crippen LogP contribution in [0, 0.1) is 47.3 Å². The predicted molar refractivity (Wildman–Crippen MR) is 401 cm³/mol. The van der Waals surface area contributed by atoms with E-state index in [-0.39, 0.29) is 173 Å². The molecule has 2 fully saturated rings. The molecule has 3 heterocycles. The second-order valence-corrected chi connectivity index (χ2v) is 30.6. The lowest BCUT2D eigenvalue weighted by Crippen LogP contribution is -2.54. The molecule has 2 aromatic carbocycles. The Labute approximate surface area is 627 Å². The van der Waals surface area contributed by atoms with Gasteiger partial charge >= 0.3 is 6.03 Å².